The topological polar surface area (TPSA) is 87.0 Å². The van der Waals surface area contributed by atoms with Crippen LogP contribution < -0.4 is 10.2 Å². The van der Waals surface area contributed by atoms with Crippen molar-refractivity contribution in [3.8, 4) is 16.9 Å². The van der Waals surface area contributed by atoms with E-state index in [-0.39, 0.29) is 18.4 Å². The van der Waals surface area contributed by atoms with E-state index in [1.807, 2.05) is 61.5 Å². The number of piperidine rings is 1. The smallest absolute Gasteiger partial charge is 0.273 e. The van der Waals surface area contributed by atoms with Crippen molar-refractivity contribution in [3.63, 3.8) is 0 Å². The number of rotatable bonds is 6. The van der Waals surface area contributed by atoms with Crippen LogP contribution in [0.1, 0.15) is 40.6 Å². The zero-order valence-electron chi connectivity index (χ0n) is 19.8. The van der Waals surface area contributed by atoms with Gasteiger partial charge in [0.1, 0.15) is 18.1 Å². The van der Waals surface area contributed by atoms with Gasteiger partial charge in [0.15, 0.2) is 0 Å². The molecule has 0 saturated carbocycles. The fourth-order valence-corrected chi connectivity index (χ4v) is 4.78. The van der Waals surface area contributed by atoms with Gasteiger partial charge in [0.05, 0.1) is 18.8 Å². The SMILES string of the molecule is CCOc1cccc(-c2ccc(C(=O)N3CCC(O)(CN4CNn5cccc5C4=O)CC3)cc2)c1. The Kier molecular flexibility index (Phi) is 6.21. The summed E-state index contributed by atoms with van der Waals surface area (Å²) in [5.74, 6) is 0.671. The molecule has 182 valence electrons. The fraction of sp³-hybridized carbons (Fsp3) is 0.333. The van der Waals surface area contributed by atoms with Gasteiger partial charge >= 0.3 is 0 Å². The maximum atomic E-state index is 13.1. The van der Waals surface area contributed by atoms with Crippen molar-refractivity contribution >= 4 is 11.8 Å². The summed E-state index contributed by atoms with van der Waals surface area (Å²) in [4.78, 5) is 29.2. The fourth-order valence-electron chi connectivity index (χ4n) is 4.78. The third-order valence-corrected chi connectivity index (χ3v) is 6.76. The van der Waals surface area contributed by atoms with Gasteiger partial charge in [-0.25, -0.2) is 0 Å². The number of hydrogen-bond donors (Lipinski definition) is 2. The number of ether oxygens (including phenoxy) is 1. The third-order valence-electron chi connectivity index (χ3n) is 6.76. The lowest BCUT2D eigenvalue weighted by Crippen LogP contribution is -2.56. The van der Waals surface area contributed by atoms with E-state index in [4.69, 9.17) is 4.74 Å². The maximum absolute atomic E-state index is 13.1. The van der Waals surface area contributed by atoms with Crippen LogP contribution in [0.5, 0.6) is 5.75 Å². The van der Waals surface area contributed by atoms with Gasteiger partial charge < -0.3 is 25.1 Å². The molecule has 35 heavy (non-hydrogen) atoms. The minimum absolute atomic E-state index is 0.0461. The van der Waals surface area contributed by atoms with Gasteiger partial charge in [-0.2, -0.15) is 0 Å². The highest BCUT2D eigenvalue weighted by Gasteiger charge is 2.38. The number of hydrogen-bond acceptors (Lipinski definition) is 5. The van der Waals surface area contributed by atoms with E-state index in [9.17, 15) is 14.7 Å². The summed E-state index contributed by atoms with van der Waals surface area (Å²) in [6, 6.07) is 19.1. The maximum Gasteiger partial charge on any atom is 0.273 e. The summed E-state index contributed by atoms with van der Waals surface area (Å²) < 4.78 is 7.28. The number of carbonyl (C=O) groups excluding carboxylic acids is 2. The molecule has 0 unspecified atom stereocenters. The molecule has 2 aliphatic heterocycles. The summed E-state index contributed by atoms with van der Waals surface area (Å²) in [5, 5.41) is 11.2. The predicted octanol–water partition coefficient (Wildman–Crippen LogP) is 3.18. The van der Waals surface area contributed by atoms with Crippen LogP contribution in [0.4, 0.5) is 0 Å². The Labute approximate surface area is 204 Å². The Morgan fingerprint density at radius 1 is 1.06 bits per heavy atom. The third kappa shape index (κ3) is 4.74. The van der Waals surface area contributed by atoms with Crippen molar-refractivity contribution < 1.29 is 19.4 Å². The van der Waals surface area contributed by atoms with Gasteiger partial charge in [-0.05, 0) is 67.3 Å². The molecule has 0 bridgehead atoms. The number of β-amino-alcohol motifs (C(OH)–C–C–N with tert-alkyl or cyclic N) is 1. The molecular weight excluding hydrogens is 444 g/mol. The molecule has 0 atom stereocenters. The second-order valence-electron chi connectivity index (χ2n) is 9.14. The van der Waals surface area contributed by atoms with E-state index in [1.54, 1.807) is 26.7 Å². The first-order valence-corrected chi connectivity index (χ1v) is 12.0. The number of fused-ring (bicyclic) bond motifs is 1. The molecule has 0 spiro atoms. The van der Waals surface area contributed by atoms with Crippen LogP contribution in [0.3, 0.4) is 0 Å². The molecule has 2 aromatic carbocycles. The van der Waals surface area contributed by atoms with Crippen molar-refractivity contribution in [2.45, 2.75) is 25.4 Å². The van der Waals surface area contributed by atoms with Gasteiger partial charge in [-0.1, -0.05) is 24.3 Å². The minimum atomic E-state index is -1.02. The summed E-state index contributed by atoms with van der Waals surface area (Å²) in [6.45, 7) is 4.03. The lowest BCUT2D eigenvalue weighted by atomic mass is 9.90. The van der Waals surface area contributed by atoms with E-state index in [2.05, 4.69) is 5.43 Å². The first-order chi connectivity index (χ1) is 17.0. The normalized spacial score (nSPS) is 17.0. The van der Waals surface area contributed by atoms with E-state index in [0.29, 0.717) is 50.5 Å². The highest BCUT2D eigenvalue weighted by Crippen LogP contribution is 2.27. The number of nitrogens with zero attached hydrogens (tertiary/aromatic N) is 3. The number of benzene rings is 2. The lowest BCUT2D eigenvalue weighted by molar-refractivity contribution is -0.0369. The van der Waals surface area contributed by atoms with Crippen LogP contribution in [0, 0.1) is 0 Å². The van der Waals surface area contributed by atoms with E-state index < -0.39 is 5.60 Å². The average molecular weight is 475 g/mol. The molecule has 2 amide bonds. The largest absolute Gasteiger partial charge is 0.494 e. The van der Waals surface area contributed by atoms with Crippen molar-refractivity contribution in [3.05, 3.63) is 78.1 Å². The highest BCUT2D eigenvalue weighted by molar-refractivity contribution is 5.95. The van der Waals surface area contributed by atoms with Crippen molar-refractivity contribution in [1.29, 1.82) is 0 Å². The minimum Gasteiger partial charge on any atom is -0.494 e. The van der Waals surface area contributed by atoms with Crippen molar-refractivity contribution in [2.75, 3.05) is 38.3 Å². The van der Waals surface area contributed by atoms with Crippen molar-refractivity contribution in [1.82, 2.24) is 14.5 Å². The molecule has 8 nitrogen and oxygen atoms in total. The highest BCUT2D eigenvalue weighted by atomic mass is 16.5. The van der Waals surface area contributed by atoms with E-state index in [0.717, 1.165) is 16.9 Å². The second-order valence-corrected chi connectivity index (χ2v) is 9.14. The molecule has 0 aliphatic carbocycles. The molecule has 5 rings (SSSR count). The average Bonchev–Trinajstić information content (AvgIpc) is 3.36. The Morgan fingerprint density at radius 3 is 2.57 bits per heavy atom. The molecule has 2 N–H and O–H groups in total. The summed E-state index contributed by atoms with van der Waals surface area (Å²) >= 11 is 0. The Hall–Kier alpha value is -3.78. The summed E-state index contributed by atoms with van der Waals surface area (Å²) in [7, 11) is 0. The lowest BCUT2D eigenvalue weighted by Gasteiger charge is -2.42. The van der Waals surface area contributed by atoms with Gasteiger partial charge in [0, 0.05) is 24.8 Å². The molecule has 8 heteroatoms. The van der Waals surface area contributed by atoms with Crippen LogP contribution in [-0.4, -0.2) is 69.9 Å². The molecular formula is C27H30N4O4. The zero-order valence-corrected chi connectivity index (χ0v) is 19.8. The number of carbonyl (C=O) groups is 2. The first-order valence-electron chi connectivity index (χ1n) is 12.0. The van der Waals surface area contributed by atoms with Crippen LogP contribution in [-0.2, 0) is 0 Å². The quantitative estimate of drug-likeness (QED) is 0.573. The Morgan fingerprint density at radius 2 is 1.83 bits per heavy atom. The molecule has 3 aromatic rings. The Balaban J connectivity index is 1.19. The summed E-state index contributed by atoms with van der Waals surface area (Å²) in [6.07, 6.45) is 2.64. The van der Waals surface area contributed by atoms with Crippen LogP contribution in [0.15, 0.2) is 66.9 Å². The molecule has 1 fully saturated rings. The molecule has 0 radical (unpaired) electrons. The molecule has 3 heterocycles. The number of aliphatic hydroxyl groups is 1. The van der Waals surface area contributed by atoms with Gasteiger partial charge in [-0.3, -0.25) is 14.3 Å². The standard InChI is InChI=1S/C27H30N4O4/c1-2-35-23-6-3-5-22(17-23)20-8-10-21(11-9-20)25(32)29-15-12-27(34,13-16-29)18-30-19-28-31-14-4-7-24(31)26(30)33/h3-11,14,17,28,34H,2,12-13,15-16,18-19H2,1H3. The molecule has 2 aliphatic rings. The Bertz CT molecular complexity index is 1210. The van der Waals surface area contributed by atoms with Crippen molar-refractivity contribution in [2.24, 2.45) is 0 Å². The number of amides is 2. The van der Waals surface area contributed by atoms with E-state index in [1.165, 1.54) is 0 Å². The first kappa shape index (κ1) is 23.0. The van der Waals surface area contributed by atoms with Crippen LogP contribution in [0.2, 0.25) is 0 Å². The summed E-state index contributed by atoms with van der Waals surface area (Å²) in [5.41, 5.74) is 5.36. The van der Waals surface area contributed by atoms with Crippen LogP contribution >= 0.6 is 0 Å². The van der Waals surface area contributed by atoms with Crippen LogP contribution in [0.25, 0.3) is 11.1 Å². The second kappa shape index (κ2) is 9.46. The monoisotopic (exact) mass is 474 g/mol. The van der Waals surface area contributed by atoms with E-state index >= 15 is 0 Å². The zero-order chi connectivity index (χ0) is 24.4. The van der Waals surface area contributed by atoms with Gasteiger partial charge in [0.2, 0.25) is 0 Å². The molecule has 1 aromatic heterocycles. The van der Waals surface area contributed by atoms with Gasteiger partial charge in [-0.15, -0.1) is 0 Å². The van der Waals surface area contributed by atoms with Gasteiger partial charge in [0.25, 0.3) is 11.8 Å². The number of aromatic nitrogens is 1. The molecule has 1 saturated heterocycles. The predicted molar refractivity (Wildman–Crippen MR) is 133 cm³/mol. The number of nitrogens with one attached hydrogen (secondary N) is 1. The number of likely N-dealkylation sites (tertiary alicyclic amines) is 1.